The first-order chi connectivity index (χ1) is 8.19. The van der Waals surface area contributed by atoms with Crippen LogP contribution in [0.3, 0.4) is 0 Å². The predicted octanol–water partition coefficient (Wildman–Crippen LogP) is 1.45. The lowest BCUT2D eigenvalue weighted by Gasteiger charge is -2.13. The lowest BCUT2D eigenvalue weighted by molar-refractivity contribution is 0.0696. The standard InChI is InChI=1S/C12H17NO4/c1-16-7-9-2-3-13(5-9)6-11-4-10(8-17-11)12(14)15/h4,8-9H,2-3,5-7H2,1H3,(H,14,15). The first-order valence-corrected chi connectivity index (χ1v) is 5.71. The molecule has 0 saturated carbocycles. The maximum absolute atomic E-state index is 10.7. The van der Waals surface area contributed by atoms with Crippen molar-refractivity contribution in [2.24, 2.45) is 5.92 Å². The van der Waals surface area contributed by atoms with Gasteiger partial charge in [-0.3, -0.25) is 4.90 Å². The van der Waals surface area contributed by atoms with Crippen molar-refractivity contribution in [2.45, 2.75) is 13.0 Å². The number of ether oxygens (including phenoxy) is 1. The van der Waals surface area contributed by atoms with Crippen LogP contribution in [0.15, 0.2) is 16.7 Å². The van der Waals surface area contributed by atoms with Gasteiger partial charge in [-0.05, 0) is 24.9 Å². The Hall–Kier alpha value is -1.33. The summed E-state index contributed by atoms with van der Waals surface area (Å²) in [6.07, 6.45) is 2.42. The van der Waals surface area contributed by atoms with E-state index < -0.39 is 5.97 Å². The molecule has 5 heteroatoms. The molecule has 0 aliphatic carbocycles. The maximum Gasteiger partial charge on any atom is 0.338 e. The SMILES string of the molecule is COCC1CCN(Cc2cc(C(=O)O)co2)C1. The van der Waals surface area contributed by atoms with Crippen LogP contribution in [0, 0.1) is 5.92 Å². The molecule has 0 amide bonds. The van der Waals surface area contributed by atoms with Gasteiger partial charge < -0.3 is 14.3 Å². The first kappa shape index (κ1) is 12.1. The van der Waals surface area contributed by atoms with Crippen molar-refractivity contribution in [3.8, 4) is 0 Å². The Morgan fingerprint density at radius 2 is 2.53 bits per heavy atom. The minimum absolute atomic E-state index is 0.215. The summed E-state index contributed by atoms with van der Waals surface area (Å²) in [5.74, 6) is 0.341. The Bertz CT molecular complexity index is 388. The Morgan fingerprint density at radius 1 is 1.71 bits per heavy atom. The van der Waals surface area contributed by atoms with Crippen molar-refractivity contribution in [3.63, 3.8) is 0 Å². The van der Waals surface area contributed by atoms with Gasteiger partial charge in [-0.25, -0.2) is 4.79 Å². The summed E-state index contributed by atoms with van der Waals surface area (Å²) in [7, 11) is 1.72. The van der Waals surface area contributed by atoms with E-state index in [9.17, 15) is 4.79 Å². The number of hydrogen-bond acceptors (Lipinski definition) is 4. The number of nitrogens with zero attached hydrogens (tertiary/aromatic N) is 1. The molecule has 1 fully saturated rings. The van der Waals surface area contributed by atoms with E-state index >= 15 is 0 Å². The summed E-state index contributed by atoms with van der Waals surface area (Å²) in [6.45, 7) is 3.45. The van der Waals surface area contributed by atoms with Crippen molar-refractivity contribution >= 4 is 5.97 Å². The van der Waals surface area contributed by atoms with Crippen LogP contribution in [-0.2, 0) is 11.3 Å². The molecule has 5 nitrogen and oxygen atoms in total. The van der Waals surface area contributed by atoms with E-state index in [0.717, 1.165) is 26.1 Å². The molecule has 1 aromatic heterocycles. The monoisotopic (exact) mass is 239 g/mol. The van der Waals surface area contributed by atoms with Crippen LogP contribution < -0.4 is 0 Å². The van der Waals surface area contributed by atoms with E-state index in [1.165, 1.54) is 6.26 Å². The van der Waals surface area contributed by atoms with E-state index in [1.807, 2.05) is 0 Å². The van der Waals surface area contributed by atoms with Crippen LogP contribution in [0.4, 0.5) is 0 Å². The van der Waals surface area contributed by atoms with E-state index in [1.54, 1.807) is 13.2 Å². The maximum atomic E-state index is 10.7. The summed E-state index contributed by atoms with van der Waals surface area (Å²) in [6, 6.07) is 1.59. The summed E-state index contributed by atoms with van der Waals surface area (Å²) in [5, 5.41) is 8.78. The average Bonchev–Trinajstić information content (AvgIpc) is 2.89. The van der Waals surface area contributed by atoms with E-state index in [4.69, 9.17) is 14.3 Å². The van der Waals surface area contributed by atoms with Gasteiger partial charge in [0.1, 0.15) is 12.0 Å². The molecule has 0 bridgehead atoms. The smallest absolute Gasteiger partial charge is 0.338 e. The van der Waals surface area contributed by atoms with Crippen molar-refractivity contribution in [1.82, 2.24) is 4.90 Å². The Balaban J connectivity index is 1.87. The van der Waals surface area contributed by atoms with Crippen molar-refractivity contribution in [3.05, 3.63) is 23.7 Å². The lowest BCUT2D eigenvalue weighted by atomic mass is 10.1. The van der Waals surface area contributed by atoms with Crippen LogP contribution in [-0.4, -0.2) is 42.8 Å². The second-order valence-electron chi connectivity index (χ2n) is 4.45. The first-order valence-electron chi connectivity index (χ1n) is 5.71. The molecule has 2 heterocycles. The molecule has 0 spiro atoms. The molecule has 0 aromatic carbocycles. The Kier molecular flexibility index (Phi) is 3.81. The van der Waals surface area contributed by atoms with Gasteiger partial charge in [0.25, 0.3) is 0 Å². The number of hydrogen-bond donors (Lipinski definition) is 1. The molecular formula is C12H17NO4. The Labute approximate surface area is 100.0 Å². The van der Waals surface area contributed by atoms with E-state index in [0.29, 0.717) is 18.2 Å². The largest absolute Gasteiger partial charge is 0.478 e. The van der Waals surface area contributed by atoms with Crippen LogP contribution in [0.2, 0.25) is 0 Å². The summed E-state index contributed by atoms with van der Waals surface area (Å²) in [5.41, 5.74) is 0.215. The summed E-state index contributed by atoms with van der Waals surface area (Å²) in [4.78, 5) is 13.0. The zero-order chi connectivity index (χ0) is 12.3. The molecule has 17 heavy (non-hydrogen) atoms. The highest BCUT2D eigenvalue weighted by atomic mass is 16.5. The van der Waals surface area contributed by atoms with Crippen molar-refractivity contribution < 1.29 is 19.1 Å². The fourth-order valence-electron chi connectivity index (χ4n) is 2.22. The Morgan fingerprint density at radius 3 is 3.18 bits per heavy atom. The second-order valence-corrected chi connectivity index (χ2v) is 4.45. The summed E-state index contributed by atoms with van der Waals surface area (Å²) < 4.78 is 10.4. The number of methoxy groups -OCH3 is 1. The number of carbonyl (C=O) groups is 1. The molecule has 1 N–H and O–H groups in total. The van der Waals surface area contributed by atoms with Gasteiger partial charge >= 0.3 is 5.97 Å². The zero-order valence-electron chi connectivity index (χ0n) is 9.89. The van der Waals surface area contributed by atoms with Gasteiger partial charge in [-0.2, -0.15) is 0 Å². The number of likely N-dealkylation sites (tertiary alicyclic amines) is 1. The quantitative estimate of drug-likeness (QED) is 0.842. The van der Waals surface area contributed by atoms with Crippen LogP contribution in [0.5, 0.6) is 0 Å². The molecule has 2 rings (SSSR count). The fourth-order valence-corrected chi connectivity index (χ4v) is 2.22. The number of carboxylic acid groups (broad SMARTS) is 1. The average molecular weight is 239 g/mol. The molecule has 94 valence electrons. The molecule has 1 atom stereocenters. The van der Waals surface area contributed by atoms with Crippen LogP contribution in [0.25, 0.3) is 0 Å². The van der Waals surface area contributed by atoms with Gasteiger partial charge in [0.05, 0.1) is 18.7 Å². The second kappa shape index (κ2) is 5.33. The van der Waals surface area contributed by atoms with Crippen LogP contribution in [0.1, 0.15) is 22.5 Å². The van der Waals surface area contributed by atoms with Gasteiger partial charge in [0.15, 0.2) is 0 Å². The third kappa shape index (κ3) is 3.08. The zero-order valence-corrected chi connectivity index (χ0v) is 9.89. The van der Waals surface area contributed by atoms with Crippen molar-refractivity contribution in [1.29, 1.82) is 0 Å². The van der Waals surface area contributed by atoms with Gasteiger partial charge in [-0.15, -0.1) is 0 Å². The number of furan rings is 1. The molecular weight excluding hydrogens is 222 g/mol. The summed E-state index contributed by atoms with van der Waals surface area (Å²) >= 11 is 0. The number of aromatic carboxylic acids is 1. The molecule has 0 radical (unpaired) electrons. The minimum atomic E-state index is -0.946. The van der Waals surface area contributed by atoms with Gasteiger partial charge in [-0.1, -0.05) is 0 Å². The molecule has 1 aliphatic heterocycles. The normalized spacial score (nSPS) is 20.9. The third-order valence-corrected chi connectivity index (χ3v) is 3.05. The third-order valence-electron chi connectivity index (χ3n) is 3.05. The van der Waals surface area contributed by atoms with E-state index in [-0.39, 0.29) is 5.56 Å². The molecule has 1 unspecified atom stereocenters. The lowest BCUT2D eigenvalue weighted by Crippen LogP contribution is -2.21. The topological polar surface area (TPSA) is 62.9 Å². The predicted molar refractivity (Wildman–Crippen MR) is 60.9 cm³/mol. The molecule has 1 aromatic rings. The highest BCUT2D eigenvalue weighted by molar-refractivity contribution is 5.87. The van der Waals surface area contributed by atoms with Crippen molar-refractivity contribution in [2.75, 3.05) is 26.8 Å². The molecule has 1 aliphatic rings. The number of carboxylic acids is 1. The van der Waals surface area contributed by atoms with E-state index in [2.05, 4.69) is 4.90 Å². The van der Waals surface area contributed by atoms with Crippen LogP contribution >= 0.6 is 0 Å². The van der Waals surface area contributed by atoms with Gasteiger partial charge in [0.2, 0.25) is 0 Å². The highest BCUT2D eigenvalue weighted by Crippen LogP contribution is 2.19. The highest BCUT2D eigenvalue weighted by Gasteiger charge is 2.23. The minimum Gasteiger partial charge on any atom is -0.478 e. The molecule has 1 saturated heterocycles. The fraction of sp³-hybridized carbons (Fsp3) is 0.583. The number of rotatable bonds is 5. The van der Waals surface area contributed by atoms with Gasteiger partial charge in [0, 0.05) is 13.7 Å².